The fourth-order valence-electron chi connectivity index (χ4n) is 9.47. The molecule has 0 amide bonds. The standard InChI is InChI=1S/C60H40N2O/c1-5-18-41(19-6-1)44-32-36-57(53(38-44)42-20-7-2-8-21-42)62-55-30-15-13-26-49(55)50-35-34-47(40-58(50)62)61(46-24-11-4-12-25-46)56-37-33-45(39-54(56)43-22-9-3-10-23-43)48-28-17-29-52-51-27-14-16-31-59(51)63-60(48)52/h1-40H. The van der Waals surface area contributed by atoms with Gasteiger partial charge in [-0.05, 0) is 88.5 Å². The Kier molecular flexibility index (Phi) is 8.83. The molecule has 0 saturated carbocycles. The van der Waals surface area contributed by atoms with Crippen molar-refractivity contribution in [2.75, 3.05) is 4.90 Å². The summed E-state index contributed by atoms with van der Waals surface area (Å²) >= 11 is 0. The SMILES string of the molecule is c1ccc(-c2ccc(-n3c4ccccc4c4ccc(N(c5ccccc5)c5ccc(-c6cccc7c6oc6ccccc67)cc5-c5ccccc5)cc43)c(-c3ccccc3)c2)cc1. The van der Waals surface area contributed by atoms with Crippen LogP contribution in [-0.4, -0.2) is 4.57 Å². The second-order valence-corrected chi connectivity index (χ2v) is 16.1. The van der Waals surface area contributed by atoms with Crippen LogP contribution >= 0.6 is 0 Å². The average Bonchev–Trinajstić information content (AvgIpc) is 3.91. The van der Waals surface area contributed by atoms with Gasteiger partial charge in [-0.2, -0.15) is 0 Å². The molecule has 63 heavy (non-hydrogen) atoms. The molecule has 0 aliphatic carbocycles. The maximum Gasteiger partial charge on any atom is 0.143 e. The summed E-state index contributed by atoms with van der Waals surface area (Å²) in [5.74, 6) is 0. The molecule has 2 heterocycles. The van der Waals surface area contributed by atoms with E-state index in [0.29, 0.717) is 0 Å². The summed E-state index contributed by atoms with van der Waals surface area (Å²) in [6.45, 7) is 0. The largest absolute Gasteiger partial charge is 0.455 e. The topological polar surface area (TPSA) is 21.3 Å². The zero-order valence-electron chi connectivity index (χ0n) is 34.4. The highest BCUT2D eigenvalue weighted by molar-refractivity contribution is 6.12. The summed E-state index contributed by atoms with van der Waals surface area (Å²) in [5, 5.41) is 4.66. The van der Waals surface area contributed by atoms with Gasteiger partial charge in [-0.1, -0.05) is 182 Å². The van der Waals surface area contributed by atoms with E-state index in [1.165, 1.54) is 33.0 Å². The summed E-state index contributed by atoms with van der Waals surface area (Å²) in [7, 11) is 0. The van der Waals surface area contributed by atoms with E-state index in [1.807, 2.05) is 12.1 Å². The molecule has 0 spiro atoms. The zero-order valence-corrected chi connectivity index (χ0v) is 34.4. The first kappa shape index (κ1) is 36.5. The molecule has 296 valence electrons. The van der Waals surface area contributed by atoms with Crippen LogP contribution in [0.5, 0.6) is 0 Å². The molecule has 0 bridgehead atoms. The molecular weight excluding hydrogens is 765 g/mol. The predicted octanol–water partition coefficient (Wildman–Crippen LogP) is 16.8. The number of anilines is 3. The Labute approximate surface area is 366 Å². The molecule has 0 N–H and O–H groups in total. The van der Waals surface area contributed by atoms with Crippen LogP contribution < -0.4 is 4.90 Å². The third-order valence-corrected chi connectivity index (χ3v) is 12.4. The Hall–Kier alpha value is -8.40. The van der Waals surface area contributed by atoms with Gasteiger partial charge in [-0.3, -0.25) is 0 Å². The van der Waals surface area contributed by atoms with Crippen LogP contribution in [0.2, 0.25) is 0 Å². The minimum atomic E-state index is 0.894. The summed E-state index contributed by atoms with van der Waals surface area (Å²) < 4.78 is 9.03. The molecule has 2 aromatic heterocycles. The van der Waals surface area contributed by atoms with E-state index in [1.54, 1.807) is 0 Å². The Morgan fingerprint density at radius 3 is 1.67 bits per heavy atom. The van der Waals surface area contributed by atoms with Gasteiger partial charge in [0.15, 0.2) is 0 Å². The maximum absolute atomic E-state index is 6.57. The number of nitrogens with zero attached hydrogens (tertiary/aromatic N) is 2. The summed E-state index contributed by atoms with van der Waals surface area (Å²) in [4.78, 5) is 2.41. The van der Waals surface area contributed by atoms with Gasteiger partial charge >= 0.3 is 0 Å². The lowest BCUT2D eigenvalue weighted by Gasteiger charge is -2.28. The summed E-state index contributed by atoms with van der Waals surface area (Å²) in [5.41, 5.74) is 17.6. The van der Waals surface area contributed by atoms with Gasteiger partial charge in [0, 0.05) is 49.6 Å². The first-order valence-electron chi connectivity index (χ1n) is 21.5. The van der Waals surface area contributed by atoms with Crippen molar-refractivity contribution in [1.29, 1.82) is 0 Å². The second-order valence-electron chi connectivity index (χ2n) is 16.1. The Morgan fingerprint density at radius 1 is 0.317 bits per heavy atom. The molecule has 12 aromatic rings. The van der Waals surface area contributed by atoms with Crippen molar-refractivity contribution in [3.63, 3.8) is 0 Å². The van der Waals surface area contributed by atoms with Gasteiger partial charge in [0.1, 0.15) is 11.2 Å². The molecule has 0 radical (unpaired) electrons. The van der Waals surface area contributed by atoms with Crippen molar-refractivity contribution in [2.45, 2.75) is 0 Å². The van der Waals surface area contributed by atoms with Crippen LogP contribution in [-0.2, 0) is 0 Å². The van der Waals surface area contributed by atoms with E-state index >= 15 is 0 Å². The van der Waals surface area contributed by atoms with Crippen molar-refractivity contribution in [3.05, 3.63) is 243 Å². The van der Waals surface area contributed by atoms with E-state index < -0.39 is 0 Å². The van der Waals surface area contributed by atoms with Gasteiger partial charge in [-0.15, -0.1) is 0 Å². The fraction of sp³-hybridized carbons (Fsp3) is 0. The van der Waals surface area contributed by atoms with Crippen LogP contribution in [0.3, 0.4) is 0 Å². The molecule has 0 fully saturated rings. The number of fused-ring (bicyclic) bond motifs is 6. The number of furan rings is 1. The zero-order chi connectivity index (χ0) is 41.7. The number of benzene rings is 10. The van der Waals surface area contributed by atoms with Gasteiger partial charge in [0.05, 0.1) is 22.4 Å². The third kappa shape index (κ3) is 6.29. The Balaban J connectivity index is 1.09. The number of hydrogen-bond acceptors (Lipinski definition) is 2. The first-order valence-corrected chi connectivity index (χ1v) is 21.5. The minimum Gasteiger partial charge on any atom is -0.455 e. The molecule has 3 heteroatoms. The van der Waals surface area contributed by atoms with Gasteiger partial charge in [0.2, 0.25) is 0 Å². The molecule has 0 atom stereocenters. The molecule has 0 unspecified atom stereocenters. The predicted molar refractivity (Wildman–Crippen MR) is 264 cm³/mol. The Bertz CT molecular complexity index is 3610. The van der Waals surface area contributed by atoms with E-state index in [9.17, 15) is 0 Å². The lowest BCUT2D eigenvalue weighted by molar-refractivity contribution is 0.670. The van der Waals surface area contributed by atoms with Crippen molar-refractivity contribution in [2.24, 2.45) is 0 Å². The number of aromatic nitrogens is 1. The van der Waals surface area contributed by atoms with Crippen molar-refractivity contribution >= 4 is 60.8 Å². The summed E-state index contributed by atoms with van der Waals surface area (Å²) in [6, 6.07) is 87.2. The van der Waals surface area contributed by atoms with Crippen LogP contribution in [0.15, 0.2) is 247 Å². The van der Waals surface area contributed by atoms with Crippen LogP contribution in [0, 0.1) is 0 Å². The minimum absolute atomic E-state index is 0.894. The third-order valence-electron chi connectivity index (χ3n) is 12.4. The smallest absolute Gasteiger partial charge is 0.143 e. The quantitative estimate of drug-likeness (QED) is 0.153. The highest BCUT2D eigenvalue weighted by atomic mass is 16.3. The van der Waals surface area contributed by atoms with Crippen LogP contribution in [0.4, 0.5) is 17.1 Å². The first-order chi connectivity index (χ1) is 31.3. The van der Waals surface area contributed by atoms with Crippen molar-refractivity contribution in [1.82, 2.24) is 4.57 Å². The molecular formula is C60H40N2O. The van der Waals surface area contributed by atoms with Gasteiger partial charge in [0.25, 0.3) is 0 Å². The highest BCUT2D eigenvalue weighted by Gasteiger charge is 2.23. The van der Waals surface area contributed by atoms with E-state index in [0.717, 1.165) is 78.0 Å². The van der Waals surface area contributed by atoms with Crippen molar-refractivity contribution < 1.29 is 4.42 Å². The monoisotopic (exact) mass is 804 g/mol. The van der Waals surface area contributed by atoms with Crippen LogP contribution in [0.1, 0.15) is 0 Å². The van der Waals surface area contributed by atoms with E-state index in [-0.39, 0.29) is 0 Å². The van der Waals surface area contributed by atoms with Crippen LogP contribution in [0.25, 0.3) is 93.9 Å². The van der Waals surface area contributed by atoms with Crippen molar-refractivity contribution in [3.8, 4) is 50.2 Å². The Morgan fingerprint density at radius 2 is 0.905 bits per heavy atom. The number of hydrogen-bond donors (Lipinski definition) is 0. The number of rotatable bonds is 8. The molecule has 12 rings (SSSR count). The second kappa shape index (κ2) is 15.3. The number of para-hydroxylation sites is 4. The summed E-state index contributed by atoms with van der Waals surface area (Å²) in [6.07, 6.45) is 0. The fourth-order valence-corrected chi connectivity index (χ4v) is 9.47. The van der Waals surface area contributed by atoms with Gasteiger partial charge in [-0.25, -0.2) is 0 Å². The molecule has 3 nitrogen and oxygen atoms in total. The maximum atomic E-state index is 6.57. The van der Waals surface area contributed by atoms with E-state index in [2.05, 4.69) is 240 Å². The van der Waals surface area contributed by atoms with E-state index in [4.69, 9.17) is 4.42 Å². The molecule has 0 saturated heterocycles. The normalized spacial score (nSPS) is 11.5. The molecule has 0 aliphatic rings. The average molecular weight is 805 g/mol. The molecule has 10 aromatic carbocycles. The highest BCUT2D eigenvalue weighted by Crippen LogP contribution is 2.46. The molecule has 0 aliphatic heterocycles. The lowest BCUT2D eigenvalue weighted by Crippen LogP contribution is -2.11. The lowest BCUT2D eigenvalue weighted by atomic mass is 9.95. The van der Waals surface area contributed by atoms with Gasteiger partial charge < -0.3 is 13.9 Å².